The Labute approximate surface area is 197 Å². The quantitative estimate of drug-likeness (QED) is 0.591. The first-order valence-corrected chi connectivity index (χ1v) is 11.4. The fourth-order valence-electron chi connectivity index (χ4n) is 3.35. The van der Waals surface area contributed by atoms with E-state index in [0.29, 0.717) is 17.9 Å². The number of aliphatic carboxylic acids is 1. The van der Waals surface area contributed by atoms with Crippen molar-refractivity contribution in [1.29, 1.82) is 0 Å². The molecule has 0 spiro atoms. The van der Waals surface area contributed by atoms with Crippen LogP contribution in [0.2, 0.25) is 0 Å². The van der Waals surface area contributed by atoms with Crippen LogP contribution >= 0.6 is 15.9 Å². The lowest BCUT2D eigenvalue weighted by atomic mass is 10.1. The summed E-state index contributed by atoms with van der Waals surface area (Å²) in [6.45, 7) is 3.85. The summed E-state index contributed by atoms with van der Waals surface area (Å²) in [7, 11) is 0. The van der Waals surface area contributed by atoms with Gasteiger partial charge in [-0.2, -0.15) is 0 Å². The lowest BCUT2D eigenvalue weighted by molar-refractivity contribution is -0.139. The Hall–Kier alpha value is -3.09. The van der Waals surface area contributed by atoms with Gasteiger partial charge in [-0.05, 0) is 73.7 Å². The molecule has 3 rings (SSSR count). The first-order valence-electron chi connectivity index (χ1n) is 10.6. The standard InChI is InChI=1S/C26H26BrNO4/c1-20-15-24(9-10-25(20)32-19-26(29)30)31-14-6-8-22-16-21(17-23(27)18-22)7-5-13-28-11-3-2-4-12-28/h9-10,15-18H,2-4,7,11-12,14,19H2,1H3,(H,29,30). The van der Waals surface area contributed by atoms with Crippen LogP contribution < -0.4 is 9.47 Å². The van der Waals surface area contributed by atoms with Gasteiger partial charge >= 0.3 is 5.97 Å². The van der Waals surface area contributed by atoms with Gasteiger partial charge < -0.3 is 19.5 Å². The van der Waals surface area contributed by atoms with Crippen molar-refractivity contribution in [3.8, 4) is 35.3 Å². The van der Waals surface area contributed by atoms with E-state index in [9.17, 15) is 4.79 Å². The highest BCUT2D eigenvalue weighted by molar-refractivity contribution is 9.10. The summed E-state index contributed by atoms with van der Waals surface area (Å²) in [5, 5.41) is 8.71. The average molecular weight is 496 g/mol. The summed E-state index contributed by atoms with van der Waals surface area (Å²) in [6.07, 6.45) is 4.46. The zero-order valence-electron chi connectivity index (χ0n) is 18.1. The van der Waals surface area contributed by atoms with Gasteiger partial charge in [0.15, 0.2) is 6.61 Å². The number of benzene rings is 2. The minimum absolute atomic E-state index is 0.241. The zero-order chi connectivity index (χ0) is 22.8. The van der Waals surface area contributed by atoms with E-state index in [1.54, 1.807) is 18.2 Å². The number of aryl methyl sites for hydroxylation is 1. The molecule has 0 unspecified atom stereocenters. The van der Waals surface area contributed by atoms with E-state index in [0.717, 1.165) is 34.3 Å². The highest BCUT2D eigenvalue weighted by atomic mass is 79.9. The van der Waals surface area contributed by atoms with Crippen molar-refractivity contribution >= 4 is 21.9 Å². The third-order valence-corrected chi connectivity index (χ3v) is 5.34. The second-order valence-electron chi connectivity index (χ2n) is 7.56. The van der Waals surface area contributed by atoms with Crippen LogP contribution in [-0.4, -0.2) is 42.3 Å². The van der Waals surface area contributed by atoms with Crippen molar-refractivity contribution in [3.05, 3.63) is 57.6 Å². The maximum atomic E-state index is 10.6. The molecular formula is C26H26BrNO4. The van der Waals surface area contributed by atoms with E-state index in [-0.39, 0.29) is 13.2 Å². The fourth-order valence-corrected chi connectivity index (χ4v) is 3.90. The third-order valence-electron chi connectivity index (χ3n) is 4.88. The Morgan fingerprint density at radius 1 is 1.09 bits per heavy atom. The van der Waals surface area contributed by atoms with Gasteiger partial charge in [-0.3, -0.25) is 0 Å². The summed E-state index contributed by atoms with van der Waals surface area (Å²) in [5.41, 5.74) is 2.84. The van der Waals surface area contributed by atoms with Gasteiger partial charge in [-0.15, -0.1) is 0 Å². The monoisotopic (exact) mass is 495 g/mol. The average Bonchev–Trinajstić information content (AvgIpc) is 2.76. The predicted octanol–water partition coefficient (Wildman–Crippen LogP) is 4.64. The van der Waals surface area contributed by atoms with Crippen molar-refractivity contribution in [2.24, 2.45) is 0 Å². The first kappa shape index (κ1) is 23.6. The molecule has 1 aliphatic rings. The molecule has 0 saturated carbocycles. The molecule has 0 bridgehead atoms. The summed E-state index contributed by atoms with van der Waals surface area (Å²) in [4.78, 5) is 12.8. The molecular weight excluding hydrogens is 470 g/mol. The molecule has 2 aromatic carbocycles. The Morgan fingerprint density at radius 3 is 2.66 bits per heavy atom. The van der Waals surface area contributed by atoms with E-state index < -0.39 is 5.97 Å². The number of carboxylic acid groups (broad SMARTS) is 1. The smallest absolute Gasteiger partial charge is 0.341 e. The van der Waals surface area contributed by atoms with Crippen LogP contribution in [0, 0.1) is 30.7 Å². The van der Waals surface area contributed by atoms with Gasteiger partial charge in [0.05, 0.1) is 0 Å². The minimum atomic E-state index is -1.01. The number of carboxylic acids is 1. The van der Waals surface area contributed by atoms with Crippen LogP contribution in [0.25, 0.3) is 0 Å². The minimum Gasteiger partial charge on any atom is -0.482 e. The molecule has 0 aliphatic carbocycles. The van der Waals surface area contributed by atoms with Gasteiger partial charge in [0.2, 0.25) is 0 Å². The van der Waals surface area contributed by atoms with Crippen molar-refractivity contribution in [3.63, 3.8) is 0 Å². The Kier molecular flexibility index (Phi) is 8.90. The molecule has 166 valence electrons. The number of halogens is 1. The summed E-state index contributed by atoms with van der Waals surface area (Å²) in [6, 6.07) is 14.6. The van der Waals surface area contributed by atoms with Gasteiger partial charge in [0, 0.05) is 35.6 Å². The molecule has 0 atom stereocenters. The number of likely N-dealkylation sites (tertiary alicyclic amines) is 1. The van der Waals surface area contributed by atoms with Gasteiger partial charge in [0.1, 0.15) is 18.1 Å². The lowest BCUT2D eigenvalue weighted by Crippen LogP contribution is -2.24. The molecule has 0 aromatic heterocycles. The van der Waals surface area contributed by atoms with Crippen LogP contribution in [-0.2, 0) is 11.2 Å². The van der Waals surface area contributed by atoms with Gasteiger partial charge in [-0.1, -0.05) is 33.7 Å². The van der Waals surface area contributed by atoms with Crippen LogP contribution in [0.15, 0.2) is 40.9 Å². The van der Waals surface area contributed by atoms with Gasteiger partial charge in [0.25, 0.3) is 0 Å². The number of piperidine rings is 1. The highest BCUT2D eigenvalue weighted by Crippen LogP contribution is 2.23. The van der Waals surface area contributed by atoms with E-state index in [1.807, 2.05) is 13.0 Å². The zero-order valence-corrected chi connectivity index (χ0v) is 19.7. The largest absolute Gasteiger partial charge is 0.482 e. The molecule has 1 saturated heterocycles. The van der Waals surface area contributed by atoms with Crippen molar-refractivity contribution in [1.82, 2.24) is 4.90 Å². The van der Waals surface area contributed by atoms with Crippen LogP contribution in [0.1, 0.15) is 36.0 Å². The predicted molar refractivity (Wildman–Crippen MR) is 128 cm³/mol. The molecule has 0 radical (unpaired) electrons. The second kappa shape index (κ2) is 12.1. The lowest BCUT2D eigenvalue weighted by Gasteiger charge is -2.21. The SMILES string of the molecule is Cc1cc(OCC#Cc2cc(Br)cc(CC#CN3CCCCC3)c2)ccc1OCC(=O)O. The van der Waals surface area contributed by atoms with E-state index in [2.05, 4.69) is 56.8 Å². The van der Waals surface area contributed by atoms with Crippen molar-refractivity contribution < 1.29 is 19.4 Å². The number of hydrogen-bond donors (Lipinski definition) is 1. The van der Waals surface area contributed by atoms with Gasteiger partial charge in [-0.25, -0.2) is 4.79 Å². The van der Waals surface area contributed by atoms with E-state index in [4.69, 9.17) is 14.6 Å². The Balaban J connectivity index is 1.54. The maximum Gasteiger partial charge on any atom is 0.341 e. The van der Waals surface area contributed by atoms with Crippen LogP contribution in [0.5, 0.6) is 11.5 Å². The summed E-state index contributed by atoms with van der Waals surface area (Å²) in [5.74, 6) is 9.63. The number of hydrogen-bond acceptors (Lipinski definition) is 4. The molecule has 0 amide bonds. The summed E-state index contributed by atoms with van der Waals surface area (Å²) < 4.78 is 11.9. The maximum absolute atomic E-state index is 10.6. The molecule has 1 aliphatic heterocycles. The van der Waals surface area contributed by atoms with Crippen molar-refractivity contribution in [2.45, 2.75) is 32.6 Å². The molecule has 1 heterocycles. The second-order valence-corrected chi connectivity index (χ2v) is 8.48. The molecule has 1 N–H and O–H groups in total. The fraction of sp³-hybridized carbons (Fsp3) is 0.346. The molecule has 6 heteroatoms. The summed E-state index contributed by atoms with van der Waals surface area (Å²) >= 11 is 3.56. The third kappa shape index (κ3) is 7.87. The molecule has 32 heavy (non-hydrogen) atoms. The number of ether oxygens (including phenoxy) is 2. The molecule has 1 fully saturated rings. The number of nitrogens with zero attached hydrogens (tertiary/aromatic N) is 1. The topological polar surface area (TPSA) is 59.0 Å². The Morgan fingerprint density at radius 2 is 1.91 bits per heavy atom. The van der Waals surface area contributed by atoms with Crippen molar-refractivity contribution in [2.75, 3.05) is 26.3 Å². The number of rotatable bonds is 6. The van der Waals surface area contributed by atoms with Crippen LogP contribution in [0.4, 0.5) is 0 Å². The normalized spacial score (nSPS) is 12.8. The highest BCUT2D eigenvalue weighted by Gasteiger charge is 2.06. The molecule has 5 nitrogen and oxygen atoms in total. The first-order chi connectivity index (χ1) is 15.5. The number of carbonyl (C=O) groups is 1. The van der Waals surface area contributed by atoms with E-state index in [1.165, 1.54) is 19.3 Å². The van der Waals surface area contributed by atoms with Crippen LogP contribution in [0.3, 0.4) is 0 Å². The Bertz CT molecular complexity index is 1070. The molecule has 2 aromatic rings. The van der Waals surface area contributed by atoms with E-state index >= 15 is 0 Å².